The molecule has 4 rings (SSSR count). The lowest BCUT2D eigenvalue weighted by molar-refractivity contribution is 0.729. The summed E-state index contributed by atoms with van der Waals surface area (Å²) in [7, 11) is 0. The second-order valence-corrected chi connectivity index (χ2v) is 5.04. The SMILES string of the molecule is Cc1ccncc1.Cc1nccn2c(C3=CNNC3)cnc12. The van der Waals surface area contributed by atoms with Crippen LogP contribution in [0.25, 0.3) is 11.2 Å². The Balaban J connectivity index is 0.000000174. The zero-order valence-corrected chi connectivity index (χ0v) is 12.6. The first kappa shape index (κ1) is 14.2. The fourth-order valence-corrected chi connectivity index (χ4v) is 2.21. The van der Waals surface area contributed by atoms with Gasteiger partial charge in [0.05, 0.1) is 17.6 Å². The second-order valence-electron chi connectivity index (χ2n) is 5.04. The van der Waals surface area contributed by atoms with Gasteiger partial charge in [0.25, 0.3) is 0 Å². The van der Waals surface area contributed by atoms with Gasteiger partial charge < -0.3 is 5.43 Å². The highest BCUT2D eigenvalue weighted by Gasteiger charge is 2.12. The number of nitrogens with zero attached hydrogens (tertiary/aromatic N) is 4. The van der Waals surface area contributed by atoms with Crippen molar-refractivity contribution >= 4 is 11.2 Å². The monoisotopic (exact) mass is 294 g/mol. The molecule has 0 unspecified atom stereocenters. The summed E-state index contributed by atoms with van der Waals surface area (Å²) < 4.78 is 2.06. The highest BCUT2D eigenvalue weighted by molar-refractivity contribution is 5.68. The van der Waals surface area contributed by atoms with Crippen molar-refractivity contribution in [2.75, 3.05) is 6.54 Å². The molecule has 0 amide bonds. The van der Waals surface area contributed by atoms with Gasteiger partial charge in [0.15, 0.2) is 5.65 Å². The third kappa shape index (κ3) is 2.96. The minimum Gasteiger partial charge on any atom is -0.328 e. The Morgan fingerprint density at radius 1 is 1.09 bits per heavy atom. The second kappa shape index (κ2) is 6.36. The first-order valence-electron chi connectivity index (χ1n) is 7.09. The molecule has 0 fully saturated rings. The van der Waals surface area contributed by atoms with Crippen molar-refractivity contribution < 1.29 is 0 Å². The zero-order valence-electron chi connectivity index (χ0n) is 12.6. The number of imidazole rings is 1. The highest BCUT2D eigenvalue weighted by Crippen LogP contribution is 2.17. The fraction of sp³-hybridized carbons (Fsp3) is 0.188. The van der Waals surface area contributed by atoms with Gasteiger partial charge in [-0.05, 0) is 31.5 Å². The molecule has 112 valence electrons. The molecule has 2 N–H and O–H groups in total. The number of aryl methyl sites for hydroxylation is 2. The van der Waals surface area contributed by atoms with Crippen LogP contribution >= 0.6 is 0 Å². The van der Waals surface area contributed by atoms with Crippen molar-refractivity contribution in [1.82, 2.24) is 30.2 Å². The van der Waals surface area contributed by atoms with Crippen LogP contribution in [0.3, 0.4) is 0 Å². The maximum atomic E-state index is 4.37. The molecule has 0 saturated heterocycles. The Labute approximate surface area is 128 Å². The molecule has 1 aliphatic rings. The fourth-order valence-electron chi connectivity index (χ4n) is 2.21. The standard InChI is InChI=1S/C10H11N5.C6H7N/c1-7-10-12-6-9(8-4-13-14-5-8)15(10)3-2-11-7;1-6-2-4-7-5-3-6/h2-4,6,13-14H,5H2,1H3;2-5H,1H3. The number of hydrazine groups is 1. The van der Waals surface area contributed by atoms with Gasteiger partial charge in [0, 0.05) is 43.1 Å². The summed E-state index contributed by atoms with van der Waals surface area (Å²) in [4.78, 5) is 12.4. The number of nitrogens with one attached hydrogen (secondary N) is 2. The van der Waals surface area contributed by atoms with Gasteiger partial charge in [0.1, 0.15) is 0 Å². The third-order valence-electron chi connectivity index (χ3n) is 3.41. The van der Waals surface area contributed by atoms with Crippen LogP contribution in [0.5, 0.6) is 0 Å². The third-order valence-corrected chi connectivity index (χ3v) is 3.41. The minimum absolute atomic E-state index is 0.815. The molecule has 6 nitrogen and oxygen atoms in total. The predicted octanol–water partition coefficient (Wildman–Crippen LogP) is 1.88. The van der Waals surface area contributed by atoms with Gasteiger partial charge in [-0.1, -0.05) is 0 Å². The smallest absolute Gasteiger partial charge is 0.158 e. The molecule has 0 saturated carbocycles. The Kier molecular flexibility index (Phi) is 4.11. The molecule has 3 aromatic rings. The summed E-state index contributed by atoms with van der Waals surface area (Å²) in [6.07, 6.45) is 11.1. The summed E-state index contributed by atoms with van der Waals surface area (Å²) in [5, 5.41) is 0. The number of hydrogen-bond acceptors (Lipinski definition) is 5. The largest absolute Gasteiger partial charge is 0.328 e. The number of hydrogen-bond donors (Lipinski definition) is 2. The highest BCUT2D eigenvalue weighted by atomic mass is 15.4. The van der Waals surface area contributed by atoms with Crippen LogP contribution in [-0.4, -0.2) is 25.9 Å². The molecule has 0 bridgehead atoms. The lowest BCUT2D eigenvalue weighted by Crippen LogP contribution is -2.20. The van der Waals surface area contributed by atoms with E-state index in [0.717, 1.165) is 23.6 Å². The number of rotatable bonds is 1. The Hall–Kier alpha value is -2.73. The van der Waals surface area contributed by atoms with E-state index in [1.54, 1.807) is 18.6 Å². The first-order chi connectivity index (χ1) is 10.8. The molecule has 4 heterocycles. The van der Waals surface area contributed by atoms with E-state index < -0.39 is 0 Å². The van der Waals surface area contributed by atoms with Gasteiger partial charge >= 0.3 is 0 Å². The molecular formula is C16H18N6. The van der Waals surface area contributed by atoms with E-state index >= 15 is 0 Å². The maximum Gasteiger partial charge on any atom is 0.158 e. The van der Waals surface area contributed by atoms with Gasteiger partial charge in [-0.15, -0.1) is 0 Å². The van der Waals surface area contributed by atoms with Crippen molar-refractivity contribution in [3.8, 4) is 0 Å². The molecule has 0 radical (unpaired) electrons. The van der Waals surface area contributed by atoms with Crippen molar-refractivity contribution in [2.45, 2.75) is 13.8 Å². The van der Waals surface area contributed by atoms with Crippen LogP contribution in [0.4, 0.5) is 0 Å². The van der Waals surface area contributed by atoms with E-state index in [1.165, 1.54) is 11.1 Å². The molecule has 3 aromatic heterocycles. The van der Waals surface area contributed by atoms with Gasteiger partial charge in [-0.2, -0.15) is 0 Å². The summed E-state index contributed by atoms with van der Waals surface area (Å²) >= 11 is 0. The van der Waals surface area contributed by atoms with E-state index in [-0.39, 0.29) is 0 Å². The molecule has 6 heteroatoms. The normalized spacial score (nSPS) is 13.3. The Morgan fingerprint density at radius 3 is 2.55 bits per heavy atom. The van der Waals surface area contributed by atoms with Crippen molar-refractivity contribution in [1.29, 1.82) is 0 Å². The van der Waals surface area contributed by atoms with Crippen molar-refractivity contribution in [2.24, 2.45) is 0 Å². The quantitative estimate of drug-likeness (QED) is 0.717. The van der Waals surface area contributed by atoms with Crippen LogP contribution in [0.2, 0.25) is 0 Å². The molecular weight excluding hydrogens is 276 g/mol. The van der Waals surface area contributed by atoms with E-state index in [9.17, 15) is 0 Å². The summed E-state index contributed by atoms with van der Waals surface area (Å²) in [5.41, 5.74) is 11.4. The topological polar surface area (TPSA) is 67.1 Å². The number of fused-ring (bicyclic) bond motifs is 1. The summed E-state index contributed by atoms with van der Waals surface area (Å²) in [6, 6.07) is 3.94. The number of aromatic nitrogens is 4. The average molecular weight is 294 g/mol. The molecule has 22 heavy (non-hydrogen) atoms. The van der Waals surface area contributed by atoms with E-state index in [2.05, 4.69) is 30.2 Å². The lowest BCUT2D eigenvalue weighted by atomic mass is 10.2. The van der Waals surface area contributed by atoms with Crippen LogP contribution in [-0.2, 0) is 0 Å². The Bertz CT molecular complexity index is 791. The average Bonchev–Trinajstić information content (AvgIpc) is 3.18. The van der Waals surface area contributed by atoms with Crippen molar-refractivity contribution in [3.63, 3.8) is 0 Å². The first-order valence-corrected chi connectivity index (χ1v) is 7.09. The van der Waals surface area contributed by atoms with E-state index in [0.29, 0.717) is 0 Å². The molecule has 0 aromatic carbocycles. The zero-order chi connectivity index (χ0) is 15.4. The Morgan fingerprint density at radius 2 is 1.91 bits per heavy atom. The van der Waals surface area contributed by atoms with Crippen LogP contribution in [0.1, 0.15) is 17.0 Å². The van der Waals surface area contributed by atoms with Crippen LogP contribution in [0, 0.1) is 13.8 Å². The minimum atomic E-state index is 0.815. The predicted molar refractivity (Wildman–Crippen MR) is 85.8 cm³/mol. The van der Waals surface area contributed by atoms with Gasteiger partial charge in [-0.25, -0.2) is 10.4 Å². The van der Waals surface area contributed by atoms with E-state index in [1.807, 2.05) is 44.6 Å². The summed E-state index contributed by atoms with van der Waals surface area (Å²) in [6.45, 7) is 4.82. The van der Waals surface area contributed by atoms with Gasteiger partial charge in [-0.3, -0.25) is 14.4 Å². The lowest BCUT2D eigenvalue weighted by Gasteiger charge is -2.01. The molecule has 0 spiro atoms. The summed E-state index contributed by atoms with van der Waals surface area (Å²) in [5.74, 6) is 0. The molecule has 0 aliphatic carbocycles. The molecule has 1 aliphatic heterocycles. The van der Waals surface area contributed by atoms with Crippen LogP contribution < -0.4 is 10.9 Å². The van der Waals surface area contributed by atoms with Crippen LogP contribution in [0.15, 0.2) is 49.3 Å². The van der Waals surface area contributed by atoms with Gasteiger partial charge in [0.2, 0.25) is 0 Å². The maximum absolute atomic E-state index is 4.37. The number of pyridine rings is 1. The van der Waals surface area contributed by atoms with Crippen molar-refractivity contribution in [3.05, 3.63) is 66.3 Å². The molecule has 0 atom stereocenters. The van der Waals surface area contributed by atoms with E-state index in [4.69, 9.17) is 0 Å².